The predicted molar refractivity (Wildman–Crippen MR) is 240 cm³/mol. The molecule has 0 radical (unpaired) electrons. The number of unbranched alkanes of at least 4 members (excludes halogenated alkanes) is 24. The standard InChI is InChI=1S/C47H87O13P/c1-3-5-7-9-11-13-15-17-19-20-21-22-24-25-27-29-31-33-35-40(48)57-37-39(38-58-61(55,56)60-47-45(53)43(51)42(50)44(52)46(47)54)59-41(49)36-34-32-30-28-26-23-18-16-14-12-10-8-6-4-2/h10,12,16,18,39,42-47,50-54H,3-9,11,13-15,17,19-38H2,1-2H3,(H,55,56)/b12-10-,18-16-. The van der Waals surface area contributed by atoms with Gasteiger partial charge < -0.3 is 39.9 Å². The van der Waals surface area contributed by atoms with E-state index in [1.54, 1.807) is 0 Å². The summed E-state index contributed by atoms with van der Waals surface area (Å²) < 4.78 is 33.5. The number of rotatable bonds is 40. The highest BCUT2D eigenvalue weighted by atomic mass is 31.2. The topological polar surface area (TPSA) is 210 Å². The number of aliphatic hydroxyl groups is 5. The molecule has 0 aliphatic heterocycles. The zero-order valence-electron chi connectivity index (χ0n) is 38.0. The third-order valence-electron chi connectivity index (χ3n) is 11.3. The molecule has 0 aromatic heterocycles. The lowest BCUT2D eigenvalue weighted by molar-refractivity contribution is -0.220. The van der Waals surface area contributed by atoms with E-state index in [0.29, 0.717) is 12.8 Å². The first-order valence-corrected chi connectivity index (χ1v) is 25.6. The van der Waals surface area contributed by atoms with Crippen molar-refractivity contribution >= 4 is 19.8 Å². The lowest BCUT2D eigenvalue weighted by atomic mass is 9.85. The molecule has 1 rings (SSSR count). The maximum Gasteiger partial charge on any atom is 0.472 e. The van der Waals surface area contributed by atoms with Crippen LogP contribution in [0.15, 0.2) is 24.3 Å². The highest BCUT2D eigenvalue weighted by Crippen LogP contribution is 2.47. The van der Waals surface area contributed by atoms with Crippen LogP contribution in [0.25, 0.3) is 0 Å². The van der Waals surface area contributed by atoms with Gasteiger partial charge in [0, 0.05) is 12.8 Å². The summed E-state index contributed by atoms with van der Waals surface area (Å²) in [6.07, 6.45) is 28.0. The zero-order valence-corrected chi connectivity index (χ0v) is 38.9. The van der Waals surface area contributed by atoms with Crippen molar-refractivity contribution in [2.75, 3.05) is 13.2 Å². The molecule has 1 saturated carbocycles. The van der Waals surface area contributed by atoms with Crippen LogP contribution in [0.3, 0.4) is 0 Å². The summed E-state index contributed by atoms with van der Waals surface area (Å²) in [5.74, 6) is -1.11. The Labute approximate surface area is 368 Å². The minimum absolute atomic E-state index is 0.0832. The van der Waals surface area contributed by atoms with Crippen molar-refractivity contribution in [1.82, 2.24) is 0 Å². The van der Waals surface area contributed by atoms with Crippen molar-refractivity contribution in [3.63, 3.8) is 0 Å². The van der Waals surface area contributed by atoms with Gasteiger partial charge in [-0.05, 0) is 38.5 Å². The summed E-state index contributed by atoms with van der Waals surface area (Å²) >= 11 is 0. The molecule has 1 aliphatic carbocycles. The van der Waals surface area contributed by atoms with Crippen molar-refractivity contribution in [3.8, 4) is 0 Å². The maximum atomic E-state index is 12.8. The van der Waals surface area contributed by atoms with Gasteiger partial charge in [0.05, 0.1) is 6.61 Å². The van der Waals surface area contributed by atoms with E-state index in [0.717, 1.165) is 64.2 Å². The number of aliphatic hydroxyl groups excluding tert-OH is 5. The van der Waals surface area contributed by atoms with E-state index >= 15 is 0 Å². The van der Waals surface area contributed by atoms with Crippen molar-refractivity contribution in [1.29, 1.82) is 0 Å². The molecule has 0 saturated heterocycles. The lowest BCUT2D eigenvalue weighted by Crippen LogP contribution is -2.64. The Morgan fingerprint density at radius 2 is 0.902 bits per heavy atom. The van der Waals surface area contributed by atoms with Gasteiger partial charge in [0.15, 0.2) is 6.10 Å². The van der Waals surface area contributed by atoms with Gasteiger partial charge in [-0.3, -0.25) is 18.6 Å². The number of hydrogen-bond donors (Lipinski definition) is 6. The van der Waals surface area contributed by atoms with E-state index in [4.69, 9.17) is 18.5 Å². The molecular weight excluding hydrogens is 803 g/mol. The molecule has 0 amide bonds. The Bertz CT molecular complexity index is 1170. The zero-order chi connectivity index (χ0) is 45.0. The van der Waals surface area contributed by atoms with Gasteiger partial charge in [-0.15, -0.1) is 0 Å². The quantitative estimate of drug-likeness (QED) is 0.0147. The highest BCUT2D eigenvalue weighted by Gasteiger charge is 2.51. The maximum absolute atomic E-state index is 12.8. The summed E-state index contributed by atoms with van der Waals surface area (Å²) in [5, 5.41) is 50.2. The average molecular weight is 891 g/mol. The van der Waals surface area contributed by atoms with Crippen LogP contribution in [-0.4, -0.2) is 98.3 Å². The first kappa shape index (κ1) is 57.3. The predicted octanol–water partition coefficient (Wildman–Crippen LogP) is 9.62. The van der Waals surface area contributed by atoms with Gasteiger partial charge in [0.1, 0.15) is 43.2 Å². The van der Waals surface area contributed by atoms with Crippen molar-refractivity contribution < 1.29 is 63.1 Å². The number of hydrogen-bond acceptors (Lipinski definition) is 12. The second kappa shape index (κ2) is 37.7. The summed E-state index contributed by atoms with van der Waals surface area (Å²) in [7, 11) is -5.12. The van der Waals surface area contributed by atoms with Crippen LogP contribution in [0.5, 0.6) is 0 Å². The SMILES string of the molecule is CCCC/C=C\C/C=C\CCCCCCCC(=O)OC(COC(=O)CCCCCCCCCCCCCCCCCCCC)COP(=O)(O)OC1C(O)C(O)C(O)C(O)C1O. The van der Waals surface area contributed by atoms with Gasteiger partial charge in [0.2, 0.25) is 0 Å². The van der Waals surface area contributed by atoms with Crippen LogP contribution in [-0.2, 0) is 32.7 Å². The Balaban J connectivity index is 2.42. The Morgan fingerprint density at radius 1 is 0.508 bits per heavy atom. The molecule has 358 valence electrons. The molecule has 6 unspecified atom stereocenters. The normalized spacial score (nSPS) is 22.2. The number of carbonyl (C=O) groups excluding carboxylic acids is 2. The van der Waals surface area contributed by atoms with E-state index in [2.05, 4.69) is 38.2 Å². The lowest BCUT2D eigenvalue weighted by Gasteiger charge is -2.41. The second-order valence-electron chi connectivity index (χ2n) is 17.0. The van der Waals surface area contributed by atoms with Crippen molar-refractivity contribution in [2.45, 2.75) is 249 Å². The second-order valence-corrected chi connectivity index (χ2v) is 18.4. The van der Waals surface area contributed by atoms with E-state index in [9.17, 15) is 44.6 Å². The fourth-order valence-electron chi connectivity index (χ4n) is 7.36. The molecule has 61 heavy (non-hydrogen) atoms. The summed E-state index contributed by atoms with van der Waals surface area (Å²) in [5.41, 5.74) is 0. The number of phosphoric ester groups is 1. The van der Waals surface area contributed by atoms with Crippen LogP contribution in [0.2, 0.25) is 0 Å². The minimum Gasteiger partial charge on any atom is -0.462 e. The van der Waals surface area contributed by atoms with E-state index < -0.39 is 75.7 Å². The number of esters is 2. The van der Waals surface area contributed by atoms with Crippen LogP contribution in [0.1, 0.15) is 206 Å². The first-order valence-electron chi connectivity index (χ1n) is 24.1. The first-order chi connectivity index (χ1) is 29.4. The van der Waals surface area contributed by atoms with Crippen LogP contribution >= 0.6 is 7.82 Å². The number of carbonyl (C=O) groups is 2. The minimum atomic E-state index is -5.12. The largest absolute Gasteiger partial charge is 0.472 e. The molecule has 0 spiro atoms. The molecular formula is C47H87O13P. The molecule has 1 aliphatic rings. The average Bonchev–Trinajstić information content (AvgIpc) is 3.24. The molecule has 6 atom stereocenters. The Morgan fingerprint density at radius 3 is 1.38 bits per heavy atom. The molecule has 13 nitrogen and oxygen atoms in total. The fourth-order valence-corrected chi connectivity index (χ4v) is 8.34. The number of allylic oxidation sites excluding steroid dienone is 4. The van der Waals surface area contributed by atoms with Crippen LogP contribution < -0.4 is 0 Å². The molecule has 0 aromatic rings. The fraction of sp³-hybridized carbons (Fsp3) is 0.872. The third-order valence-corrected chi connectivity index (χ3v) is 12.3. The van der Waals surface area contributed by atoms with Crippen LogP contribution in [0.4, 0.5) is 0 Å². The van der Waals surface area contributed by atoms with Crippen molar-refractivity contribution in [2.24, 2.45) is 0 Å². The van der Waals surface area contributed by atoms with Crippen molar-refractivity contribution in [3.05, 3.63) is 24.3 Å². The smallest absolute Gasteiger partial charge is 0.462 e. The van der Waals surface area contributed by atoms with Gasteiger partial charge in [0.25, 0.3) is 0 Å². The Hall–Kier alpha value is -1.67. The number of phosphoric acid groups is 1. The van der Waals surface area contributed by atoms with Gasteiger partial charge in [-0.25, -0.2) is 4.57 Å². The van der Waals surface area contributed by atoms with E-state index in [-0.39, 0.29) is 12.8 Å². The number of ether oxygens (including phenoxy) is 2. The van der Waals surface area contributed by atoms with Gasteiger partial charge >= 0.3 is 19.8 Å². The van der Waals surface area contributed by atoms with E-state index in [1.807, 2.05) is 0 Å². The highest BCUT2D eigenvalue weighted by molar-refractivity contribution is 7.47. The monoisotopic (exact) mass is 891 g/mol. The molecule has 6 N–H and O–H groups in total. The molecule has 14 heteroatoms. The van der Waals surface area contributed by atoms with E-state index in [1.165, 1.54) is 103 Å². The van der Waals surface area contributed by atoms with Crippen LogP contribution in [0, 0.1) is 0 Å². The van der Waals surface area contributed by atoms with Gasteiger partial charge in [-0.1, -0.05) is 179 Å². The molecule has 0 heterocycles. The van der Waals surface area contributed by atoms with Gasteiger partial charge in [-0.2, -0.15) is 0 Å². The third kappa shape index (κ3) is 30.2. The summed E-state index contributed by atoms with van der Waals surface area (Å²) in [6, 6.07) is 0. The Kier molecular flexibility index (Phi) is 35.4. The summed E-state index contributed by atoms with van der Waals surface area (Å²) in [6.45, 7) is 3.26. The molecule has 1 fully saturated rings. The molecule has 0 aromatic carbocycles. The summed E-state index contributed by atoms with van der Waals surface area (Å²) in [4.78, 5) is 35.7. The molecule has 0 bridgehead atoms.